The number of fused-ring (bicyclic) bond motifs is 2. The fraction of sp³-hybridized carbons (Fsp3) is 0.382. The van der Waals surface area contributed by atoms with Crippen LogP contribution >= 0.6 is 0 Å². The molecule has 0 radical (unpaired) electrons. The van der Waals surface area contributed by atoms with E-state index in [4.69, 9.17) is 21.4 Å². The molecule has 0 aliphatic carbocycles. The number of nitrogens with two attached hydrogens (primary N) is 2. The Labute approximate surface area is 252 Å². The van der Waals surface area contributed by atoms with Crippen molar-refractivity contribution < 1.29 is 23.1 Å². The van der Waals surface area contributed by atoms with Crippen LogP contribution < -0.4 is 11.5 Å². The van der Waals surface area contributed by atoms with Gasteiger partial charge in [-0.05, 0) is 110 Å². The molecule has 0 atom stereocenters. The fourth-order valence-corrected chi connectivity index (χ4v) is 5.03. The summed E-state index contributed by atoms with van der Waals surface area (Å²) in [6.45, 7) is 7.77. The molecule has 9 heteroatoms. The molecular weight excluding hydrogens is 553 g/mol. The maximum absolute atomic E-state index is 10.6. The third kappa shape index (κ3) is 12.0. The van der Waals surface area contributed by atoms with E-state index in [1.165, 1.54) is 45.5 Å². The quantitative estimate of drug-likeness (QED) is 0.137. The lowest BCUT2D eigenvalue weighted by Gasteiger charge is -2.25. The lowest BCUT2D eigenvalue weighted by Crippen LogP contribution is -2.29. The Morgan fingerprint density at radius 2 is 0.953 bits per heavy atom. The summed E-state index contributed by atoms with van der Waals surface area (Å²) < 4.78 is 31.7. The third-order valence-corrected chi connectivity index (χ3v) is 7.24. The smallest absolute Gasteiger partial charge is 0.475 e. The molecule has 4 rings (SSSR count). The number of carbonyl (C=O) groups is 1. The van der Waals surface area contributed by atoms with Crippen LogP contribution in [0.15, 0.2) is 84.9 Å². The molecule has 232 valence electrons. The van der Waals surface area contributed by atoms with Crippen molar-refractivity contribution in [2.45, 2.75) is 44.9 Å². The van der Waals surface area contributed by atoms with Crippen molar-refractivity contribution in [1.82, 2.24) is 9.80 Å². The van der Waals surface area contributed by atoms with E-state index in [1.54, 1.807) is 0 Å². The number of nitrogens with zero attached hydrogens (tertiary/aromatic N) is 2. The first-order valence-corrected chi connectivity index (χ1v) is 14.8. The van der Waals surface area contributed by atoms with Crippen LogP contribution in [0.2, 0.25) is 0 Å². The Morgan fingerprint density at radius 1 is 0.605 bits per heavy atom. The summed E-state index contributed by atoms with van der Waals surface area (Å²) in [6.07, 6.45) is -0.625. The zero-order chi connectivity index (χ0) is 31.1. The summed E-state index contributed by atoms with van der Waals surface area (Å²) in [6, 6.07) is 30.9. The normalized spacial score (nSPS) is 11.7. The number of hydrogen-bond donors (Lipinski definition) is 3. The average Bonchev–Trinajstić information content (AvgIpc) is 3.00. The average molecular weight is 597 g/mol. The molecule has 0 fully saturated rings. The number of alkyl halides is 3. The van der Waals surface area contributed by atoms with Crippen LogP contribution in [-0.2, 0) is 17.9 Å². The largest absolute Gasteiger partial charge is 0.490 e. The van der Waals surface area contributed by atoms with E-state index in [0.29, 0.717) is 0 Å². The van der Waals surface area contributed by atoms with E-state index in [2.05, 4.69) is 94.7 Å². The number of halogens is 3. The summed E-state index contributed by atoms with van der Waals surface area (Å²) in [5, 5.41) is 12.4. The lowest BCUT2D eigenvalue weighted by atomic mass is 10.1. The molecule has 6 nitrogen and oxygen atoms in total. The number of benzene rings is 4. The van der Waals surface area contributed by atoms with Crippen molar-refractivity contribution in [1.29, 1.82) is 0 Å². The number of hydrogen-bond acceptors (Lipinski definition) is 5. The standard InChI is InChI=1S/C32H42N4.C2HF3O2/c33-17-7-21-35(25-27-13-15-29-9-1-3-11-31(29)23-27)19-5-6-20-36(22-8-18-34)26-28-14-16-30-10-2-4-12-32(30)24-28;3-2(4,5)1(6)7/h1-4,9-16,23-24H,5-8,17-22,25-26,33-34H2;(H,6,7). The Hall–Kier alpha value is -3.50. The zero-order valence-electron chi connectivity index (χ0n) is 24.6. The fourth-order valence-electron chi connectivity index (χ4n) is 5.03. The van der Waals surface area contributed by atoms with Gasteiger partial charge in [0.2, 0.25) is 0 Å². The van der Waals surface area contributed by atoms with Crippen LogP contribution in [0.5, 0.6) is 0 Å². The number of rotatable bonds is 15. The van der Waals surface area contributed by atoms with E-state index >= 15 is 0 Å². The Balaban J connectivity index is 0.000000646. The Morgan fingerprint density at radius 3 is 1.30 bits per heavy atom. The molecule has 0 aliphatic heterocycles. The van der Waals surface area contributed by atoms with Crippen LogP contribution in [0, 0.1) is 0 Å². The number of carboxylic acids is 1. The molecule has 43 heavy (non-hydrogen) atoms. The first-order valence-electron chi connectivity index (χ1n) is 14.8. The molecule has 0 saturated heterocycles. The minimum absolute atomic E-state index is 0.743. The van der Waals surface area contributed by atoms with Crippen molar-refractivity contribution in [2.24, 2.45) is 11.5 Å². The van der Waals surface area contributed by atoms with Crippen molar-refractivity contribution in [3.63, 3.8) is 0 Å². The monoisotopic (exact) mass is 596 g/mol. The van der Waals surface area contributed by atoms with Crippen LogP contribution in [0.25, 0.3) is 21.5 Å². The van der Waals surface area contributed by atoms with Gasteiger partial charge in [0.1, 0.15) is 0 Å². The van der Waals surface area contributed by atoms with Gasteiger partial charge in [0.05, 0.1) is 0 Å². The van der Waals surface area contributed by atoms with Gasteiger partial charge in [0.25, 0.3) is 0 Å². The molecule has 0 unspecified atom stereocenters. The van der Waals surface area contributed by atoms with E-state index in [9.17, 15) is 13.2 Å². The number of unbranched alkanes of at least 4 members (excludes halogenated alkanes) is 1. The summed E-state index contributed by atoms with van der Waals surface area (Å²) in [7, 11) is 0. The molecule has 4 aromatic rings. The van der Waals surface area contributed by atoms with E-state index in [-0.39, 0.29) is 0 Å². The van der Waals surface area contributed by atoms with Crippen LogP contribution in [0.3, 0.4) is 0 Å². The van der Waals surface area contributed by atoms with Gasteiger partial charge in [-0.3, -0.25) is 9.80 Å². The van der Waals surface area contributed by atoms with E-state index in [0.717, 1.165) is 65.2 Å². The van der Waals surface area contributed by atoms with Gasteiger partial charge in [0, 0.05) is 13.1 Å². The second kappa shape index (κ2) is 17.6. The first kappa shape index (κ1) is 34.0. The molecule has 4 aromatic carbocycles. The van der Waals surface area contributed by atoms with Crippen molar-refractivity contribution >= 4 is 27.5 Å². The van der Waals surface area contributed by atoms with Crippen molar-refractivity contribution in [3.05, 3.63) is 96.1 Å². The van der Waals surface area contributed by atoms with Gasteiger partial charge in [-0.15, -0.1) is 0 Å². The second-order valence-corrected chi connectivity index (χ2v) is 10.7. The van der Waals surface area contributed by atoms with Gasteiger partial charge in [0.15, 0.2) is 0 Å². The highest BCUT2D eigenvalue weighted by molar-refractivity contribution is 5.83. The predicted octanol–water partition coefficient (Wildman–Crippen LogP) is 6.41. The van der Waals surface area contributed by atoms with Crippen LogP contribution in [0.1, 0.15) is 36.8 Å². The molecular formula is C34H43F3N4O2. The minimum atomic E-state index is -5.08. The second-order valence-electron chi connectivity index (χ2n) is 10.7. The summed E-state index contributed by atoms with van der Waals surface area (Å²) >= 11 is 0. The van der Waals surface area contributed by atoms with Gasteiger partial charge in [-0.1, -0.05) is 72.8 Å². The molecule has 0 heterocycles. The molecule has 0 spiro atoms. The Kier molecular flexibility index (Phi) is 13.9. The van der Waals surface area contributed by atoms with Crippen molar-refractivity contribution in [2.75, 3.05) is 39.3 Å². The molecule has 0 saturated carbocycles. The summed E-state index contributed by atoms with van der Waals surface area (Å²) in [4.78, 5) is 14.0. The third-order valence-electron chi connectivity index (χ3n) is 7.24. The molecule has 0 amide bonds. The minimum Gasteiger partial charge on any atom is -0.475 e. The zero-order valence-corrected chi connectivity index (χ0v) is 24.6. The van der Waals surface area contributed by atoms with E-state index < -0.39 is 12.1 Å². The van der Waals surface area contributed by atoms with Crippen LogP contribution in [0.4, 0.5) is 13.2 Å². The van der Waals surface area contributed by atoms with Gasteiger partial charge in [-0.2, -0.15) is 13.2 Å². The highest BCUT2D eigenvalue weighted by atomic mass is 19.4. The SMILES string of the molecule is NCCCN(CCCCN(CCCN)Cc1ccc2ccccc2c1)Cc1ccc2ccccc2c1.O=C(O)C(F)(F)F. The highest BCUT2D eigenvalue weighted by Crippen LogP contribution is 2.19. The van der Waals surface area contributed by atoms with Gasteiger partial charge >= 0.3 is 12.1 Å². The summed E-state index contributed by atoms with van der Waals surface area (Å²) in [5.41, 5.74) is 14.5. The first-order chi connectivity index (χ1) is 20.7. The van der Waals surface area contributed by atoms with E-state index in [1.807, 2.05) is 0 Å². The molecule has 5 N–H and O–H groups in total. The molecule has 0 aromatic heterocycles. The molecule has 0 aliphatic rings. The van der Waals surface area contributed by atoms with Gasteiger partial charge in [-0.25, -0.2) is 4.79 Å². The Bertz CT molecular complexity index is 1320. The topological polar surface area (TPSA) is 95.8 Å². The van der Waals surface area contributed by atoms with Gasteiger partial charge < -0.3 is 16.6 Å². The maximum atomic E-state index is 10.6. The number of carboxylic acid groups (broad SMARTS) is 1. The van der Waals surface area contributed by atoms with Crippen LogP contribution in [-0.4, -0.2) is 66.3 Å². The predicted molar refractivity (Wildman–Crippen MR) is 169 cm³/mol. The summed E-state index contributed by atoms with van der Waals surface area (Å²) in [5.74, 6) is -2.76. The highest BCUT2D eigenvalue weighted by Gasteiger charge is 2.38. The lowest BCUT2D eigenvalue weighted by molar-refractivity contribution is -0.192. The maximum Gasteiger partial charge on any atom is 0.490 e. The number of aliphatic carboxylic acids is 1. The van der Waals surface area contributed by atoms with Crippen molar-refractivity contribution in [3.8, 4) is 0 Å². The molecule has 0 bridgehead atoms.